The molecule has 6 nitrogen and oxygen atoms in total. The third kappa shape index (κ3) is 6.90. The number of rotatable bonds is 7. The first kappa shape index (κ1) is 30.1. The van der Waals surface area contributed by atoms with Gasteiger partial charge in [-0.25, -0.2) is 18.2 Å². The molecule has 0 spiro atoms. The molecule has 1 aliphatic carbocycles. The highest BCUT2D eigenvalue weighted by molar-refractivity contribution is 5.96. The van der Waals surface area contributed by atoms with Gasteiger partial charge in [0.1, 0.15) is 5.82 Å². The molecule has 5 rings (SSSR count). The smallest absolute Gasteiger partial charge is 0.252 e. The fourth-order valence-electron chi connectivity index (χ4n) is 5.45. The van der Waals surface area contributed by atoms with Gasteiger partial charge in [-0.3, -0.25) is 14.8 Å². The molecule has 1 N–H and O–H groups in total. The van der Waals surface area contributed by atoms with E-state index in [4.69, 9.17) is 0 Å². The van der Waals surface area contributed by atoms with Crippen molar-refractivity contribution in [1.29, 1.82) is 0 Å². The van der Waals surface area contributed by atoms with Crippen molar-refractivity contribution >= 4 is 23.2 Å². The zero-order chi connectivity index (χ0) is 29.7. The van der Waals surface area contributed by atoms with Crippen molar-refractivity contribution < 1.29 is 28.0 Å². The predicted octanol–water partition coefficient (Wildman–Crippen LogP) is 6.92. The van der Waals surface area contributed by atoms with E-state index in [2.05, 4.69) is 6.92 Å². The Kier molecular flexibility index (Phi) is 9.38. The summed E-state index contributed by atoms with van der Waals surface area (Å²) in [5.41, 5.74) is 2.42. The van der Waals surface area contributed by atoms with Crippen LogP contribution in [-0.4, -0.2) is 46.5 Å². The van der Waals surface area contributed by atoms with Crippen LogP contribution in [0, 0.1) is 12.7 Å². The van der Waals surface area contributed by atoms with E-state index < -0.39 is 42.6 Å². The average Bonchev–Trinajstić information content (AvgIpc) is 3.27. The number of carbonyl (C=O) groups excluding carboxylic acids is 2. The summed E-state index contributed by atoms with van der Waals surface area (Å²) >= 11 is 0. The van der Waals surface area contributed by atoms with Gasteiger partial charge in [0.15, 0.2) is 6.04 Å². The molecule has 2 amide bonds. The second-order valence-electron chi connectivity index (χ2n) is 10.6. The van der Waals surface area contributed by atoms with E-state index in [1.807, 2.05) is 35.2 Å². The Hall–Kier alpha value is -3.85. The molecule has 2 atom stereocenters. The van der Waals surface area contributed by atoms with E-state index >= 15 is 0 Å². The molecule has 2 fully saturated rings. The lowest BCUT2D eigenvalue weighted by molar-refractivity contribution is -0.155. The quantitative estimate of drug-likeness (QED) is 0.315. The summed E-state index contributed by atoms with van der Waals surface area (Å²) in [6.45, 7) is 5.84. The van der Waals surface area contributed by atoms with Crippen molar-refractivity contribution in [2.45, 2.75) is 70.5 Å². The first-order valence-electron chi connectivity index (χ1n) is 13.9. The van der Waals surface area contributed by atoms with Crippen LogP contribution in [0.25, 0.3) is 0 Å². The third-order valence-corrected chi connectivity index (χ3v) is 7.69. The average molecular weight is 568 g/mol. The molecule has 1 saturated heterocycles. The zero-order valence-corrected chi connectivity index (χ0v) is 23.5. The summed E-state index contributed by atoms with van der Waals surface area (Å²) in [6.07, 6.45) is 0.890. The molecule has 1 saturated carbocycles. The molecule has 218 valence electrons. The van der Waals surface area contributed by atoms with Gasteiger partial charge in [0, 0.05) is 43.6 Å². The van der Waals surface area contributed by atoms with Gasteiger partial charge in [0.2, 0.25) is 5.91 Å². The van der Waals surface area contributed by atoms with Gasteiger partial charge in [0.25, 0.3) is 11.8 Å². The number of carbonyl (C=O) groups is 2. The molecule has 0 aromatic heterocycles. The maximum absolute atomic E-state index is 13.7. The highest BCUT2D eigenvalue weighted by Crippen LogP contribution is 2.42. The topological polar surface area (TPSA) is 64.1 Å². The molecule has 1 aliphatic heterocycles. The fraction of sp³-hybridized carbons (Fsp3) is 0.375. The number of hydrogen-bond donors (Lipinski definition) is 1. The second kappa shape index (κ2) is 12.8. The van der Waals surface area contributed by atoms with Crippen LogP contribution in [0.15, 0.2) is 78.9 Å². The highest BCUT2D eigenvalue weighted by atomic mass is 19.3. The highest BCUT2D eigenvalue weighted by Gasteiger charge is 2.50. The Morgan fingerprint density at radius 3 is 2.27 bits per heavy atom. The van der Waals surface area contributed by atoms with E-state index in [0.29, 0.717) is 23.1 Å². The second-order valence-corrected chi connectivity index (χ2v) is 10.6. The van der Waals surface area contributed by atoms with Crippen LogP contribution < -0.4 is 9.96 Å². The molecular weight excluding hydrogens is 531 g/mol. The maximum atomic E-state index is 13.7. The number of anilines is 2. The molecule has 0 unspecified atom stereocenters. The number of halogens is 3. The lowest BCUT2D eigenvalue weighted by Crippen LogP contribution is -2.55. The minimum atomic E-state index is -2.77. The number of hydroxylamine groups is 1. The molecule has 0 bridgehead atoms. The molecule has 41 heavy (non-hydrogen) atoms. The van der Waals surface area contributed by atoms with Crippen molar-refractivity contribution in [2.75, 3.05) is 16.5 Å². The number of aryl methyl sites for hydroxylation is 1. The van der Waals surface area contributed by atoms with Crippen molar-refractivity contribution in [3.05, 3.63) is 95.8 Å². The molecule has 3 aromatic rings. The first-order chi connectivity index (χ1) is 19.5. The largest absolute Gasteiger partial charge is 0.337 e. The molecule has 3 aromatic carbocycles. The SMILES string of the molecule is CCN(C(=O)[C@H](c1ccccc1C)N(O)c1cccc(F)c1)C1CC(F)(F)C1.C[C@@H]1CCC(=O)N1c1ccccc1. The number of para-hydroxylation sites is 1. The van der Waals surface area contributed by atoms with E-state index in [9.17, 15) is 28.0 Å². The van der Waals surface area contributed by atoms with Crippen LogP contribution in [0.2, 0.25) is 0 Å². The van der Waals surface area contributed by atoms with Crippen molar-refractivity contribution in [1.82, 2.24) is 4.90 Å². The maximum Gasteiger partial charge on any atom is 0.252 e. The number of nitrogens with zero attached hydrogens (tertiary/aromatic N) is 3. The number of benzene rings is 3. The third-order valence-electron chi connectivity index (χ3n) is 7.69. The van der Waals surface area contributed by atoms with Crippen LogP contribution in [0.4, 0.5) is 24.5 Å². The van der Waals surface area contributed by atoms with E-state index in [1.54, 1.807) is 38.1 Å². The van der Waals surface area contributed by atoms with Crippen molar-refractivity contribution in [3.63, 3.8) is 0 Å². The Balaban J connectivity index is 0.000000247. The van der Waals surface area contributed by atoms with Gasteiger partial charge in [-0.05, 0) is 68.7 Å². The Morgan fingerprint density at radius 2 is 1.71 bits per heavy atom. The molecular formula is C32H36F3N3O3. The minimum Gasteiger partial charge on any atom is -0.337 e. The zero-order valence-electron chi connectivity index (χ0n) is 23.5. The van der Waals surface area contributed by atoms with Crippen molar-refractivity contribution in [3.8, 4) is 0 Å². The van der Waals surface area contributed by atoms with Crippen LogP contribution in [0.5, 0.6) is 0 Å². The summed E-state index contributed by atoms with van der Waals surface area (Å²) in [4.78, 5) is 28.1. The van der Waals surface area contributed by atoms with Crippen LogP contribution in [-0.2, 0) is 9.59 Å². The Bertz CT molecular complexity index is 1350. The molecule has 2 aliphatic rings. The van der Waals surface area contributed by atoms with Gasteiger partial charge in [-0.15, -0.1) is 0 Å². The Morgan fingerprint density at radius 1 is 1.05 bits per heavy atom. The number of alkyl halides is 2. The van der Waals surface area contributed by atoms with Crippen LogP contribution >= 0.6 is 0 Å². The van der Waals surface area contributed by atoms with Gasteiger partial charge in [-0.2, -0.15) is 0 Å². The van der Waals surface area contributed by atoms with Gasteiger partial charge >= 0.3 is 0 Å². The Labute approximate surface area is 238 Å². The summed E-state index contributed by atoms with van der Waals surface area (Å²) < 4.78 is 40.4. The van der Waals surface area contributed by atoms with E-state index in [0.717, 1.165) is 23.7 Å². The first-order valence-corrected chi connectivity index (χ1v) is 13.9. The summed E-state index contributed by atoms with van der Waals surface area (Å²) in [5.74, 6) is -3.57. The van der Waals surface area contributed by atoms with E-state index in [-0.39, 0.29) is 18.1 Å². The van der Waals surface area contributed by atoms with E-state index in [1.165, 1.54) is 23.1 Å². The molecule has 9 heteroatoms. The fourth-order valence-corrected chi connectivity index (χ4v) is 5.45. The summed E-state index contributed by atoms with van der Waals surface area (Å²) in [7, 11) is 0. The summed E-state index contributed by atoms with van der Waals surface area (Å²) in [6, 6.07) is 20.8. The lowest BCUT2D eigenvalue weighted by Gasteiger charge is -2.44. The standard InChI is InChI=1S/C21H23F3N2O2.C11H13NO/c1-3-25(17-12-21(23,24)13-17)20(27)19(18-10-5-4-7-14(18)2)26(28)16-9-6-8-15(22)11-16;1-9-7-8-11(13)12(9)10-5-3-2-4-6-10/h4-11,17,19,28H,3,12-13H2,1-2H3;2-6,9H,7-8H2,1H3/t19-;9-/m01/s1. The molecule has 1 heterocycles. The lowest BCUT2D eigenvalue weighted by atomic mass is 9.86. The number of likely N-dealkylation sites (N-methyl/N-ethyl adjacent to an activating group) is 1. The van der Waals surface area contributed by atoms with Gasteiger partial charge < -0.3 is 9.80 Å². The van der Waals surface area contributed by atoms with Gasteiger partial charge in [0.05, 0.1) is 5.69 Å². The van der Waals surface area contributed by atoms with Crippen LogP contribution in [0.3, 0.4) is 0 Å². The normalized spacial score (nSPS) is 18.7. The predicted molar refractivity (Wildman–Crippen MR) is 153 cm³/mol. The van der Waals surface area contributed by atoms with Crippen molar-refractivity contribution in [2.24, 2.45) is 0 Å². The number of hydrogen-bond acceptors (Lipinski definition) is 4. The number of amides is 2. The monoisotopic (exact) mass is 567 g/mol. The van der Waals surface area contributed by atoms with Crippen LogP contribution in [0.1, 0.15) is 56.7 Å². The molecule has 0 radical (unpaired) electrons. The minimum absolute atomic E-state index is 0.108. The van der Waals surface area contributed by atoms with Gasteiger partial charge in [-0.1, -0.05) is 48.5 Å². The summed E-state index contributed by atoms with van der Waals surface area (Å²) in [5, 5.41) is 11.6.